The molecule has 2 aliphatic rings. The SMILES string of the molecule is Cc1cc(Nc2ccc(N3CCCC3)cc2)nc(NCCN2CCOCC2)n1. The van der Waals surface area contributed by atoms with Crippen molar-refractivity contribution in [3.8, 4) is 0 Å². The Balaban J connectivity index is 1.33. The molecule has 0 aliphatic carbocycles. The first-order valence-corrected chi connectivity index (χ1v) is 10.3. The molecule has 0 saturated carbocycles. The van der Waals surface area contributed by atoms with Gasteiger partial charge in [-0.25, -0.2) is 4.98 Å². The van der Waals surface area contributed by atoms with Gasteiger partial charge in [0.05, 0.1) is 13.2 Å². The van der Waals surface area contributed by atoms with Crippen molar-refractivity contribution < 1.29 is 4.74 Å². The molecule has 2 aromatic rings. The van der Waals surface area contributed by atoms with Crippen LogP contribution in [0.2, 0.25) is 0 Å². The van der Waals surface area contributed by atoms with Gasteiger partial charge in [-0.05, 0) is 44.0 Å². The van der Waals surface area contributed by atoms with Gasteiger partial charge < -0.3 is 20.3 Å². The molecule has 2 aliphatic heterocycles. The van der Waals surface area contributed by atoms with Crippen molar-refractivity contribution in [3.05, 3.63) is 36.0 Å². The number of benzene rings is 1. The van der Waals surface area contributed by atoms with Crippen LogP contribution in [0.25, 0.3) is 0 Å². The van der Waals surface area contributed by atoms with Gasteiger partial charge in [0.15, 0.2) is 0 Å². The van der Waals surface area contributed by atoms with E-state index in [4.69, 9.17) is 4.74 Å². The van der Waals surface area contributed by atoms with Crippen LogP contribution in [0.5, 0.6) is 0 Å². The molecule has 7 nitrogen and oxygen atoms in total. The van der Waals surface area contributed by atoms with Gasteiger partial charge in [0.25, 0.3) is 0 Å². The first kappa shape index (κ1) is 19.0. The molecular formula is C21H30N6O. The molecule has 0 spiro atoms. The summed E-state index contributed by atoms with van der Waals surface area (Å²) < 4.78 is 5.39. The predicted octanol–water partition coefficient (Wildman–Crippen LogP) is 2.87. The second-order valence-electron chi connectivity index (χ2n) is 7.46. The van der Waals surface area contributed by atoms with Gasteiger partial charge in [-0.15, -0.1) is 0 Å². The highest BCUT2D eigenvalue weighted by atomic mass is 16.5. The Kier molecular flexibility index (Phi) is 6.24. The number of nitrogens with one attached hydrogen (secondary N) is 2. The lowest BCUT2D eigenvalue weighted by atomic mass is 10.2. The van der Waals surface area contributed by atoms with Crippen LogP contribution in [0.15, 0.2) is 30.3 Å². The summed E-state index contributed by atoms with van der Waals surface area (Å²) in [5.41, 5.74) is 3.28. The third-order valence-electron chi connectivity index (χ3n) is 5.28. The minimum atomic E-state index is 0.671. The van der Waals surface area contributed by atoms with Crippen molar-refractivity contribution in [1.82, 2.24) is 14.9 Å². The largest absolute Gasteiger partial charge is 0.379 e. The van der Waals surface area contributed by atoms with E-state index < -0.39 is 0 Å². The molecule has 3 heterocycles. The molecule has 0 bridgehead atoms. The van der Waals surface area contributed by atoms with Crippen LogP contribution in [0.1, 0.15) is 18.5 Å². The van der Waals surface area contributed by atoms with Crippen LogP contribution < -0.4 is 15.5 Å². The molecule has 7 heteroatoms. The number of aromatic nitrogens is 2. The molecule has 1 aromatic carbocycles. The summed E-state index contributed by atoms with van der Waals surface area (Å²) in [6, 6.07) is 10.6. The predicted molar refractivity (Wildman–Crippen MR) is 114 cm³/mol. The molecule has 0 amide bonds. The van der Waals surface area contributed by atoms with Gasteiger partial charge >= 0.3 is 0 Å². The molecule has 1 aromatic heterocycles. The molecule has 0 radical (unpaired) electrons. The molecule has 4 rings (SSSR count). The van der Waals surface area contributed by atoms with E-state index >= 15 is 0 Å². The smallest absolute Gasteiger partial charge is 0.224 e. The summed E-state index contributed by atoms with van der Waals surface area (Å²) in [4.78, 5) is 14.0. The first-order chi connectivity index (χ1) is 13.8. The Morgan fingerprint density at radius 1 is 1.00 bits per heavy atom. The lowest BCUT2D eigenvalue weighted by molar-refractivity contribution is 0.0398. The fourth-order valence-electron chi connectivity index (χ4n) is 3.74. The quantitative estimate of drug-likeness (QED) is 0.763. The van der Waals surface area contributed by atoms with Crippen LogP contribution in [0.3, 0.4) is 0 Å². The topological polar surface area (TPSA) is 65.5 Å². The molecule has 28 heavy (non-hydrogen) atoms. The Labute approximate surface area is 167 Å². The van der Waals surface area contributed by atoms with Crippen LogP contribution in [-0.2, 0) is 4.74 Å². The van der Waals surface area contributed by atoms with Crippen LogP contribution in [0.4, 0.5) is 23.1 Å². The van der Waals surface area contributed by atoms with Crippen molar-refractivity contribution in [3.63, 3.8) is 0 Å². The maximum atomic E-state index is 5.39. The van der Waals surface area contributed by atoms with E-state index in [9.17, 15) is 0 Å². The van der Waals surface area contributed by atoms with Crippen molar-refractivity contribution in [1.29, 1.82) is 0 Å². The molecule has 150 valence electrons. The second-order valence-corrected chi connectivity index (χ2v) is 7.46. The van der Waals surface area contributed by atoms with Crippen LogP contribution in [-0.4, -0.2) is 67.4 Å². The van der Waals surface area contributed by atoms with E-state index in [-0.39, 0.29) is 0 Å². The lowest BCUT2D eigenvalue weighted by Gasteiger charge is -2.26. The molecule has 2 N–H and O–H groups in total. The first-order valence-electron chi connectivity index (χ1n) is 10.3. The fourth-order valence-corrected chi connectivity index (χ4v) is 3.74. The zero-order valence-electron chi connectivity index (χ0n) is 16.7. The maximum absolute atomic E-state index is 5.39. The van der Waals surface area contributed by atoms with E-state index in [2.05, 4.69) is 54.7 Å². The third kappa shape index (κ3) is 5.11. The molecule has 2 fully saturated rings. The van der Waals surface area contributed by atoms with Crippen molar-refractivity contribution in [2.45, 2.75) is 19.8 Å². The minimum absolute atomic E-state index is 0.671. The zero-order chi connectivity index (χ0) is 19.2. The average molecular weight is 383 g/mol. The number of aryl methyl sites for hydroxylation is 1. The van der Waals surface area contributed by atoms with Gasteiger partial charge in [0, 0.05) is 62.4 Å². The number of ether oxygens (including phenoxy) is 1. The standard InChI is InChI=1S/C21H30N6O/c1-17-16-20(24-18-4-6-19(7-5-18)27-9-2-3-10-27)25-21(23-17)22-8-11-26-12-14-28-15-13-26/h4-7,16H,2-3,8-15H2,1H3,(H2,22,23,24,25). The third-order valence-corrected chi connectivity index (χ3v) is 5.28. The molecular weight excluding hydrogens is 352 g/mol. The summed E-state index contributed by atoms with van der Waals surface area (Å²) in [7, 11) is 0. The van der Waals surface area contributed by atoms with Gasteiger partial charge in [-0.3, -0.25) is 4.90 Å². The average Bonchev–Trinajstić information content (AvgIpc) is 3.24. The van der Waals surface area contributed by atoms with E-state index in [1.54, 1.807) is 0 Å². The minimum Gasteiger partial charge on any atom is -0.379 e. The summed E-state index contributed by atoms with van der Waals surface area (Å²) >= 11 is 0. The Morgan fingerprint density at radius 2 is 1.75 bits per heavy atom. The monoisotopic (exact) mass is 382 g/mol. The highest BCUT2D eigenvalue weighted by molar-refractivity contribution is 5.61. The maximum Gasteiger partial charge on any atom is 0.224 e. The zero-order valence-corrected chi connectivity index (χ0v) is 16.7. The number of anilines is 4. The van der Waals surface area contributed by atoms with Gasteiger partial charge in [-0.1, -0.05) is 0 Å². The number of nitrogens with zero attached hydrogens (tertiary/aromatic N) is 4. The Morgan fingerprint density at radius 3 is 2.50 bits per heavy atom. The summed E-state index contributed by atoms with van der Waals surface area (Å²) in [5.74, 6) is 1.49. The summed E-state index contributed by atoms with van der Waals surface area (Å²) in [6.07, 6.45) is 2.59. The molecule has 0 unspecified atom stereocenters. The van der Waals surface area contributed by atoms with Gasteiger partial charge in [-0.2, -0.15) is 4.98 Å². The van der Waals surface area contributed by atoms with E-state index in [1.165, 1.54) is 18.5 Å². The normalized spacial score (nSPS) is 17.7. The number of hydrogen-bond acceptors (Lipinski definition) is 7. The number of hydrogen-bond donors (Lipinski definition) is 2. The van der Waals surface area contributed by atoms with Gasteiger partial charge in [0.2, 0.25) is 5.95 Å². The van der Waals surface area contributed by atoms with E-state index in [0.717, 1.165) is 69.7 Å². The van der Waals surface area contributed by atoms with E-state index in [1.807, 2.05) is 13.0 Å². The Bertz CT molecular complexity index is 754. The van der Waals surface area contributed by atoms with Crippen LogP contribution >= 0.6 is 0 Å². The number of rotatable bonds is 7. The Hall–Kier alpha value is -2.38. The highest BCUT2D eigenvalue weighted by Crippen LogP contribution is 2.24. The van der Waals surface area contributed by atoms with Crippen molar-refractivity contribution in [2.75, 3.05) is 68.0 Å². The summed E-state index contributed by atoms with van der Waals surface area (Å²) in [6.45, 7) is 9.77. The van der Waals surface area contributed by atoms with Gasteiger partial charge in [0.1, 0.15) is 5.82 Å². The van der Waals surface area contributed by atoms with Crippen molar-refractivity contribution in [2.24, 2.45) is 0 Å². The number of morpholine rings is 1. The summed E-state index contributed by atoms with van der Waals surface area (Å²) in [5, 5.41) is 6.76. The molecule has 2 saturated heterocycles. The highest BCUT2D eigenvalue weighted by Gasteiger charge is 2.12. The van der Waals surface area contributed by atoms with Crippen molar-refractivity contribution >= 4 is 23.1 Å². The van der Waals surface area contributed by atoms with Crippen LogP contribution in [0, 0.1) is 6.92 Å². The molecule has 0 atom stereocenters. The second kappa shape index (κ2) is 9.21. The fraction of sp³-hybridized carbons (Fsp3) is 0.524. The van der Waals surface area contributed by atoms with E-state index in [0.29, 0.717) is 5.95 Å². The lowest BCUT2D eigenvalue weighted by Crippen LogP contribution is -2.39.